The van der Waals surface area contributed by atoms with E-state index >= 15 is 0 Å². The maximum absolute atomic E-state index is 12.3. The fourth-order valence-electron chi connectivity index (χ4n) is 2.32. The zero-order valence-corrected chi connectivity index (χ0v) is 11.8. The van der Waals surface area contributed by atoms with E-state index in [1.807, 2.05) is 43.5 Å². The van der Waals surface area contributed by atoms with Gasteiger partial charge in [0.25, 0.3) is 5.56 Å². The minimum atomic E-state index is -0.0126. The lowest BCUT2D eigenvalue weighted by molar-refractivity contribution is 0.735. The van der Waals surface area contributed by atoms with Gasteiger partial charge in [-0.1, -0.05) is 23.7 Å². The third-order valence-electron chi connectivity index (χ3n) is 3.32. The fourth-order valence-corrected chi connectivity index (χ4v) is 2.52. The molecule has 4 heteroatoms. The SMILES string of the molecule is CCn1cc(-c2cccc(Cl)c2)c2ncccc2c1=O. The van der Waals surface area contributed by atoms with Gasteiger partial charge in [0, 0.05) is 29.5 Å². The van der Waals surface area contributed by atoms with Gasteiger partial charge in [-0.2, -0.15) is 0 Å². The molecule has 0 N–H and O–H groups in total. The second-order valence-electron chi connectivity index (χ2n) is 4.54. The van der Waals surface area contributed by atoms with Gasteiger partial charge in [0.1, 0.15) is 0 Å². The summed E-state index contributed by atoms with van der Waals surface area (Å²) in [6.07, 6.45) is 3.55. The van der Waals surface area contributed by atoms with E-state index in [-0.39, 0.29) is 5.56 Å². The van der Waals surface area contributed by atoms with Crippen molar-refractivity contribution in [2.24, 2.45) is 0 Å². The monoisotopic (exact) mass is 284 g/mol. The second kappa shape index (κ2) is 5.10. The van der Waals surface area contributed by atoms with Crippen molar-refractivity contribution in [3.8, 4) is 11.1 Å². The molecule has 0 fully saturated rings. The molecule has 0 radical (unpaired) electrons. The first-order chi connectivity index (χ1) is 9.70. The highest BCUT2D eigenvalue weighted by molar-refractivity contribution is 6.30. The number of pyridine rings is 2. The van der Waals surface area contributed by atoms with Crippen LogP contribution in [0.4, 0.5) is 0 Å². The van der Waals surface area contributed by atoms with Crippen LogP contribution < -0.4 is 5.56 Å². The molecule has 0 atom stereocenters. The van der Waals surface area contributed by atoms with E-state index < -0.39 is 0 Å². The first-order valence-electron chi connectivity index (χ1n) is 6.45. The molecular formula is C16H13ClN2O. The predicted molar refractivity (Wildman–Crippen MR) is 82.1 cm³/mol. The average molecular weight is 285 g/mol. The Morgan fingerprint density at radius 1 is 1.25 bits per heavy atom. The maximum atomic E-state index is 12.3. The first-order valence-corrected chi connectivity index (χ1v) is 6.82. The van der Waals surface area contributed by atoms with Gasteiger partial charge in [-0.15, -0.1) is 0 Å². The first kappa shape index (κ1) is 12.9. The van der Waals surface area contributed by atoms with Crippen LogP contribution in [0.5, 0.6) is 0 Å². The van der Waals surface area contributed by atoms with Crippen LogP contribution in [0.15, 0.2) is 53.6 Å². The lowest BCUT2D eigenvalue weighted by atomic mass is 10.0. The van der Waals surface area contributed by atoms with E-state index in [1.54, 1.807) is 16.8 Å². The molecule has 2 heterocycles. The number of benzene rings is 1. The third-order valence-corrected chi connectivity index (χ3v) is 3.55. The van der Waals surface area contributed by atoms with Crippen LogP contribution in [-0.4, -0.2) is 9.55 Å². The van der Waals surface area contributed by atoms with E-state index in [9.17, 15) is 4.79 Å². The molecule has 3 nitrogen and oxygen atoms in total. The van der Waals surface area contributed by atoms with E-state index in [4.69, 9.17) is 11.6 Å². The fraction of sp³-hybridized carbons (Fsp3) is 0.125. The van der Waals surface area contributed by atoms with Crippen LogP contribution in [0.25, 0.3) is 22.0 Å². The molecule has 2 aromatic heterocycles. The molecule has 0 spiro atoms. The highest BCUT2D eigenvalue weighted by Gasteiger charge is 2.10. The van der Waals surface area contributed by atoms with Crippen molar-refractivity contribution in [1.82, 2.24) is 9.55 Å². The predicted octanol–water partition coefficient (Wildman–Crippen LogP) is 3.74. The van der Waals surface area contributed by atoms with Crippen LogP contribution in [0.3, 0.4) is 0 Å². The molecule has 0 aliphatic carbocycles. The molecule has 3 aromatic rings. The van der Waals surface area contributed by atoms with Crippen LogP contribution in [0, 0.1) is 0 Å². The number of fused-ring (bicyclic) bond motifs is 1. The van der Waals surface area contributed by atoms with Gasteiger partial charge in [-0.3, -0.25) is 9.78 Å². The second-order valence-corrected chi connectivity index (χ2v) is 4.98. The number of hydrogen-bond donors (Lipinski definition) is 0. The number of rotatable bonds is 2. The largest absolute Gasteiger partial charge is 0.315 e. The van der Waals surface area contributed by atoms with E-state index in [2.05, 4.69) is 4.98 Å². The normalized spacial score (nSPS) is 10.9. The minimum absolute atomic E-state index is 0.0126. The molecule has 0 aliphatic heterocycles. The summed E-state index contributed by atoms with van der Waals surface area (Å²) in [7, 11) is 0. The standard InChI is InChI=1S/C16H13ClN2O/c1-2-19-10-14(11-5-3-6-12(17)9-11)15-13(16(19)20)7-4-8-18-15/h3-10H,2H2,1H3. The number of aromatic nitrogens is 2. The maximum Gasteiger partial charge on any atom is 0.260 e. The molecule has 1 aromatic carbocycles. The Bertz CT molecular complexity index is 839. The summed E-state index contributed by atoms with van der Waals surface area (Å²) in [4.78, 5) is 16.7. The summed E-state index contributed by atoms with van der Waals surface area (Å²) >= 11 is 6.06. The van der Waals surface area contributed by atoms with Crippen LogP contribution in [-0.2, 0) is 6.54 Å². The Labute approximate surface area is 121 Å². The Morgan fingerprint density at radius 3 is 2.85 bits per heavy atom. The topological polar surface area (TPSA) is 34.9 Å². The lowest BCUT2D eigenvalue weighted by Crippen LogP contribution is -2.19. The van der Waals surface area contributed by atoms with Gasteiger partial charge in [0.2, 0.25) is 0 Å². The highest BCUT2D eigenvalue weighted by Crippen LogP contribution is 2.27. The van der Waals surface area contributed by atoms with Crippen LogP contribution in [0.2, 0.25) is 5.02 Å². The Hall–Kier alpha value is -2.13. The molecule has 100 valence electrons. The van der Waals surface area contributed by atoms with Crippen molar-refractivity contribution >= 4 is 22.5 Å². The van der Waals surface area contributed by atoms with Crippen LogP contribution >= 0.6 is 11.6 Å². The van der Waals surface area contributed by atoms with Crippen molar-refractivity contribution in [3.63, 3.8) is 0 Å². The van der Waals surface area contributed by atoms with Gasteiger partial charge in [0.15, 0.2) is 0 Å². The molecule has 0 bridgehead atoms. The molecule has 0 aliphatic rings. The number of hydrogen-bond acceptors (Lipinski definition) is 2. The minimum Gasteiger partial charge on any atom is -0.315 e. The Kier molecular flexibility index (Phi) is 3.28. The third kappa shape index (κ3) is 2.10. The number of nitrogens with zero attached hydrogens (tertiary/aromatic N) is 2. The molecule has 0 saturated heterocycles. The van der Waals surface area contributed by atoms with Crippen molar-refractivity contribution < 1.29 is 0 Å². The Balaban J connectivity index is 2.41. The summed E-state index contributed by atoms with van der Waals surface area (Å²) < 4.78 is 1.69. The zero-order chi connectivity index (χ0) is 14.1. The van der Waals surface area contributed by atoms with Gasteiger partial charge in [-0.05, 0) is 36.8 Å². The molecule has 0 saturated carbocycles. The summed E-state index contributed by atoms with van der Waals surface area (Å²) in [5, 5.41) is 1.30. The van der Waals surface area contributed by atoms with E-state index in [0.29, 0.717) is 22.5 Å². The van der Waals surface area contributed by atoms with E-state index in [1.165, 1.54) is 0 Å². The highest BCUT2D eigenvalue weighted by atomic mass is 35.5. The number of halogens is 1. The molecule has 20 heavy (non-hydrogen) atoms. The van der Waals surface area contributed by atoms with Gasteiger partial charge < -0.3 is 4.57 Å². The average Bonchev–Trinajstić information content (AvgIpc) is 2.48. The molecule has 0 amide bonds. The van der Waals surface area contributed by atoms with Gasteiger partial charge >= 0.3 is 0 Å². The van der Waals surface area contributed by atoms with Gasteiger partial charge in [-0.25, -0.2) is 0 Å². The van der Waals surface area contributed by atoms with Crippen molar-refractivity contribution in [1.29, 1.82) is 0 Å². The van der Waals surface area contributed by atoms with Crippen molar-refractivity contribution in [3.05, 3.63) is 64.2 Å². The summed E-state index contributed by atoms with van der Waals surface area (Å²) in [6, 6.07) is 11.2. The summed E-state index contributed by atoms with van der Waals surface area (Å²) in [6.45, 7) is 2.57. The quantitative estimate of drug-likeness (QED) is 0.718. The Morgan fingerprint density at radius 2 is 2.10 bits per heavy atom. The summed E-state index contributed by atoms with van der Waals surface area (Å²) in [5.74, 6) is 0. The van der Waals surface area contributed by atoms with Gasteiger partial charge in [0.05, 0.1) is 10.9 Å². The zero-order valence-electron chi connectivity index (χ0n) is 11.0. The van der Waals surface area contributed by atoms with Crippen molar-refractivity contribution in [2.45, 2.75) is 13.5 Å². The molecular weight excluding hydrogens is 272 g/mol. The summed E-state index contributed by atoms with van der Waals surface area (Å²) in [5.41, 5.74) is 2.58. The van der Waals surface area contributed by atoms with Crippen LogP contribution in [0.1, 0.15) is 6.92 Å². The van der Waals surface area contributed by atoms with E-state index in [0.717, 1.165) is 11.1 Å². The lowest BCUT2D eigenvalue weighted by Gasteiger charge is -2.10. The van der Waals surface area contributed by atoms with Crippen molar-refractivity contribution in [2.75, 3.05) is 0 Å². The smallest absolute Gasteiger partial charge is 0.260 e. The molecule has 3 rings (SSSR count). The number of aryl methyl sites for hydroxylation is 1. The molecule has 0 unspecified atom stereocenters.